The second-order valence-corrected chi connectivity index (χ2v) is 13.1. The van der Waals surface area contributed by atoms with E-state index in [2.05, 4.69) is 5.32 Å². The second-order valence-electron chi connectivity index (χ2n) is 11.1. The van der Waals surface area contributed by atoms with Gasteiger partial charge in [-0.2, -0.15) is 0 Å². The molecule has 0 aliphatic carbocycles. The Balaban J connectivity index is 1.52. The molecule has 11 heteroatoms. The lowest BCUT2D eigenvalue weighted by molar-refractivity contribution is -0.138. The topological polar surface area (TPSA) is 124 Å². The number of amides is 3. The van der Waals surface area contributed by atoms with Crippen LogP contribution in [0.15, 0.2) is 53.4 Å². The maximum Gasteiger partial charge on any atom is 0.254 e. The van der Waals surface area contributed by atoms with Crippen molar-refractivity contribution in [2.75, 3.05) is 38.3 Å². The standard InChI is InChI=1S/C29H36N4O6S/c1-18(2)15-23(30-27(35)19-9-11-21(12-10-19)31(3)4)29(37)32-14-13-24-26(32)25(34)17-33(24)28(36)20-7-6-8-22(16-20)40(5,38)39/h6-12,16,18,23-24,26H,13-15,17H2,1-5H3,(H,30,35)/t23-,24?,26-/m0/s1. The highest BCUT2D eigenvalue weighted by Gasteiger charge is 2.52. The van der Waals surface area contributed by atoms with E-state index >= 15 is 0 Å². The SMILES string of the molecule is CC(C)C[C@H](NC(=O)c1ccc(N(C)C)cc1)C(=O)N1CCC2[C@H]1C(=O)CN2C(=O)c1cccc(S(C)(=O)=O)c1. The van der Waals surface area contributed by atoms with Crippen LogP contribution >= 0.6 is 0 Å². The van der Waals surface area contributed by atoms with Gasteiger partial charge in [-0.15, -0.1) is 0 Å². The average Bonchev–Trinajstić information content (AvgIpc) is 3.48. The van der Waals surface area contributed by atoms with Crippen molar-refractivity contribution in [3.05, 3.63) is 59.7 Å². The third-order valence-electron chi connectivity index (χ3n) is 7.43. The molecule has 0 bridgehead atoms. The Hall–Kier alpha value is -3.73. The molecule has 2 fully saturated rings. The summed E-state index contributed by atoms with van der Waals surface area (Å²) in [6.07, 6.45) is 1.87. The van der Waals surface area contributed by atoms with Gasteiger partial charge in [-0.1, -0.05) is 19.9 Å². The molecule has 1 unspecified atom stereocenters. The molecule has 3 atom stereocenters. The van der Waals surface area contributed by atoms with Crippen LogP contribution in [-0.4, -0.2) is 93.3 Å². The number of carbonyl (C=O) groups is 4. The van der Waals surface area contributed by atoms with Gasteiger partial charge in [0.2, 0.25) is 5.91 Å². The summed E-state index contributed by atoms with van der Waals surface area (Å²) in [6, 6.07) is 10.7. The predicted octanol–water partition coefficient (Wildman–Crippen LogP) is 2.00. The van der Waals surface area contributed by atoms with Gasteiger partial charge in [-0.05, 0) is 61.2 Å². The molecule has 2 aromatic carbocycles. The Morgan fingerprint density at radius 2 is 1.70 bits per heavy atom. The van der Waals surface area contributed by atoms with Crippen LogP contribution in [0.5, 0.6) is 0 Å². The number of sulfone groups is 1. The molecule has 2 heterocycles. The highest BCUT2D eigenvalue weighted by molar-refractivity contribution is 7.90. The smallest absolute Gasteiger partial charge is 0.254 e. The first kappa shape index (κ1) is 29.3. The number of Topliss-reactive ketones (excluding diaryl/α,β-unsaturated/α-hetero) is 1. The van der Waals surface area contributed by atoms with E-state index in [1.807, 2.05) is 45.0 Å². The van der Waals surface area contributed by atoms with Crippen molar-refractivity contribution in [2.45, 2.75) is 49.7 Å². The molecule has 3 amide bonds. The van der Waals surface area contributed by atoms with Crippen LogP contribution in [0.1, 0.15) is 47.4 Å². The van der Waals surface area contributed by atoms with Crippen LogP contribution in [0.3, 0.4) is 0 Å². The van der Waals surface area contributed by atoms with Crippen molar-refractivity contribution < 1.29 is 27.6 Å². The number of likely N-dealkylation sites (tertiary alicyclic amines) is 2. The fourth-order valence-corrected chi connectivity index (χ4v) is 6.08. The average molecular weight is 569 g/mol. The maximum absolute atomic E-state index is 13.8. The second kappa shape index (κ2) is 11.4. The number of rotatable bonds is 8. The molecule has 2 aromatic rings. The molecular formula is C29H36N4O6S. The van der Waals surface area contributed by atoms with Gasteiger partial charge >= 0.3 is 0 Å². The summed E-state index contributed by atoms with van der Waals surface area (Å²) in [4.78, 5) is 58.2. The zero-order valence-electron chi connectivity index (χ0n) is 23.5. The lowest BCUT2D eigenvalue weighted by Gasteiger charge is -2.29. The van der Waals surface area contributed by atoms with Crippen LogP contribution in [-0.2, 0) is 19.4 Å². The van der Waals surface area contributed by atoms with E-state index in [-0.39, 0.29) is 47.1 Å². The number of anilines is 1. The van der Waals surface area contributed by atoms with Gasteiger partial charge in [-0.3, -0.25) is 19.2 Å². The summed E-state index contributed by atoms with van der Waals surface area (Å²) >= 11 is 0. The van der Waals surface area contributed by atoms with Crippen molar-refractivity contribution in [3.63, 3.8) is 0 Å². The van der Waals surface area contributed by atoms with E-state index in [4.69, 9.17) is 0 Å². The molecule has 0 aromatic heterocycles. The van der Waals surface area contributed by atoms with Gasteiger partial charge in [0.25, 0.3) is 11.8 Å². The summed E-state index contributed by atoms with van der Waals surface area (Å²) in [5, 5.41) is 2.87. The van der Waals surface area contributed by atoms with Crippen molar-refractivity contribution in [2.24, 2.45) is 5.92 Å². The first-order valence-corrected chi connectivity index (χ1v) is 15.2. The van der Waals surface area contributed by atoms with Crippen LogP contribution in [0.25, 0.3) is 0 Å². The minimum Gasteiger partial charge on any atom is -0.378 e. The number of nitrogens with one attached hydrogen (secondary N) is 1. The molecule has 4 rings (SSSR count). The largest absolute Gasteiger partial charge is 0.378 e. The number of hydrogen-bond donors (Lipinski definition) is 1. The third-order valence-corrected chi connectivity index (χ3v) is 8.54. The minimum absolute atomic E-state index is 0.0206. The Labute approximate surface area is 235 Å². The van der Waals surface area contributed by atoms with E-state index in [0.29, 0.717) is 18.4 Å². The van der Waals surface area contributed by atoms with E-state index in [1.165, 1.54) is 34.1 Å². The van der Waals surface area contributed by atoms with E-state index < -0.39 is 33.9 Å². The highest BCUT2D eigenvalue weighted by Crippen LogP contribution is 2.32. The van der Waals surface area contributed by atoms with E-state index in [9.17, 15) is 27.6 Å². The monoisotopic (exact) mass is 568 g/mol. The molecule has 214 valence electrons. The van der Waals surface area contributed by atoms with Crippen molar-refractivity contribution >= 4 is 39.0 Å². The van der Waals surface area contributed by atoms with Crippen LogP contribution < -0.4 is 10.2 Å². The molecule has 10 nitrogen and oxygen atoms in total. The van der Waals surface area contributed by atoms with Crippen LogP contribution in [0, 0.1) is 5.92 Å². The van der Waals surface area contributed by atoms with Gasteiger partial charge in [0.1, 0.15) is 12.1 Å². The fraction of sp³-hybridized carbons (Fsp3) is 0.448. The molecule has 2 aliphatic heterocycles. The predicted molar refractivity (Wildman–Crippen MR) is 151 cm³/mol. The van der Waals surface area contributed by atoms with Crippen LogP contribution in [0.2, 0.25) is 0 Å². The summed E-state index contributed by atoms with van der Waals surface area (Å²) in [5.41, 5.74) is 1.54. The zero-order valence-corrected chi connectivity index (χ0v) is 24.3. The first-order valence-electron chi connectivity index (χ1n) is 13.3. The molecular weight excluding hydrogens is 532 g/mol. The van der Waals surface area contributed by atoms with E-state index in [0.717, 1.165) is 11.9 Å². The number of ketones is 1. The normalized spacial score (nSPS) is 19.5. The minimum atomic E-state index is -3.51. The van der Waals surface area contributed by atoms with Crippen LogP contribution in [0.4, 0.5) is 5.69 Å². The Kier molecular flexibility index (Phi) is 8.34. The van der Waals surface area contributed by atoms with Crippen molar-refractivity contribution in [1.82, 2.24) is 15.1 Å². The number of benzene rings is 2. The van der Waals surface area contributed by atoms with E-state index in [1.54, 1.807) is 12.1 Å². The molecule has 2 saturated heterocycles. The molecule has 0 radical (unpaired) electrons. The Morgan fingerprint density at radius 3 is 2.30 bits per heavy atom. The van der Waals surface area contributed by atoms with Crippen molar-refractivity contribution in [3.8, 4) is 0 Å². The fourth-order valence-electron chi connectivity index (χ4n) is 5.41. The van der Waals surface area contributed by atoms with Gasteiger partial charge in [0.05, 0.1) is 17.5 Å². The maximum atomic E-state index is 13.8. The molecule has 2 aliphatic rings. The van der Waals surface area contributed by atoms with Gasteiger partial charge < -0.3 is 20.0 Å². The summed E-state index contributed by atoms with van der Waals surface area (Å²) < 4.78 is 24.0. The third kappa shape index (κ3) is 6.04. The highest BCUT2D eigenvalue weighted by atomic mass is 32.2. The lowest BCUT2D eigenvalue weighted by atomic mass is 10.0. The first-order chi connectivity index (χ1) is 18.8. The van der Waals surface area contributed by atoms with Gasteiger partial charge in [-0.25, -0.2) is 8.42 Å². The molecule has 0 saturated carbocycles. The number of fused-ring (bicyclic) bond motifs is 1. The van der Waals surface area contributed by atoms with Crippen molar-refractivity contribution in [1.29, 1.82) is 0 Å². The molecule has 1 N–H and O–H groups in total. The number of carbonyl (C=O) groups excluding carboxylic acids is 4. The summed E-state index contributed by atoms with van der Waals surface area (Å²) in [5.74, 6) is -1.32. The quantitative estimate of drug-likeness (QED) is 0.517. The van der Waals surface area contributed by atoms with Gasteiger partial charge in [0, 0.05) is 43.7 Å². The number of nitrogens with zero attached hydrogens (tertiary/aromatic N) is 3. The molecule has 40 heavy (non-hydrogen) atoms. The zero-order chi connectivity index (χ0) is 29.4. The summed E-state index contributed by atoms with van der Waals surface area (Å²) in [6.45, 7) is 4.02. The van der Waals surface area contributed by atoms with Gasteiger partial charge in [0.15, 0.2) is 15.6 Å². The Morgan fingerprint density at radius 1 is 1.02 bits per heavy atom. The lowest BCUT2D eigenvalue weighted by Crippen LogP contribution is -2.53. The molecule has 0 spiro atoms. The number of hydrogen-bond acceptors (Lipinski definition) is 7. The Bertz CT molecular complexity index is 1420. The summed E-state index contributed by atoms with van der Waals surface area (Å²) in [7, 11) is 0.295.